The summed E-state index contributed by atoms with van der Waals surface area (Å²) >= 11 is 1.79. The molecule has 0 aliphatic carbocycles. The lowest BCUT2D eigenvalue weighted by atomic mass is 10.2. The van der Waals surface area contributed by atoms with Crippen LogP contribution in [0.3, 0.4) is 0 Å². The van der Waals surface area contributed by atoms with E-state index in [1.165, 1.54) is 4.88 Å². The number of methoxy groups -OCH3 is 1. The fourth-order valence-electron chi connectivity index (χ4n) is 1.47. The summed E-state index contributed by atoms with van der Waals surface area (Å²) < 4.78 is 5.27. The molecule has 1 heterocycles. The van der Waals surface area contributed by atoms with Gasteiger partial charge in [-0.15, -0.1) is 11.3 Å². The Hall–Kier alpha value is -0.420. The maximum atomic E-state index is 5.60. The van der Waals surface area contributed by atoms with Gasteiger partial charge in [0.2, 0.25) is 0 Å². The van der Waals surface area contributed by atoms with Crippen molar-refractivity contribution in [2.45, 2.75) is 19.1 Å². The number of ether oxygens (including phenoxy) is 1. The molecule has 0 aliphatic heterocycles. The third kappa shape index (κ3) is 3.57. The Morgan fingerprint density at radius 1 is 1.60 bits per heavy atom. The summed E-state index contributed by atoms with van der Waals surface area (Å²) in [5.41, 5.74) is 5.60. The Bertz CT molecular complexity index is 260. The van der Waals surface area contributed by atoms with E-state index in [-0.39, 0.29) is 6.10 Å². The molecule has 15 heavy (non-hydrogen) atoms. The Labute approximate surface area is 95.8 Å². The van der Waals surface area contributed by atoms with E-state index in [9.17, 15) is 0 Å². The molecule has 1 rings (SSSR count). The minimum absolute atomic E-state index is 0.123. The monoisotopic (exact) mass is 228 g/mol. The molecule has 4 heteroatoms. The van der Waals surface area contributed by atoms with Crippen molar-refractivity contribution in [1.29, 1.82) is 0 Å². The zero-order valence-electron chi connectivity index (χ0n) is 9.64. The van der Waals surface area contributed by atoms with Crippen molar-refractivity contribution in [3.8, 4) is 0 Å². The summed E-state index contributed by atoms with van der Waals surface area (Å²) in [5, 5.41) is 2.11. The zero-order valence-corrected chi connectivity index (χ0v) is 10.5. The van der Waals surface area contributed by atoms with Crippen molar-refractivity contribution in [3.05, 3.63) is 22.4 Å². The summed E-state index contributed by atoms with van der Waals surface area (Å²) in [4.78, 5) is 3.65. The van der Waals surface area contributed by atoms with Gasteiger partial charge < -0.3 is 10.5 Å². The van der Waals surface area contributed by atoms with Crippen LogP contribution in [0.1, 0.15) is 17.8 Å². The van der Waals surface area contributed by atoms with E-state index in [4.69, 9.17) is 10.5 Å². The minimum atomic E-state index is 0.123. The number of thiophene rings is 1. The quantitative estimate of drug-likeness (QED) is 0.805. The van der Waals surface area contributed by atoms with Crippen LogP contribution in [0.4, 0.5) is 0 Å². The molecule has 0 bridgehead atoms. The fourth-order valence-corrected chi connectivity index (χ4v) is 2.32. The van der Waals surface area contributed by atoms with E-state index >= 15 is 0 Å². The van der Waals surface area contributed by atoms with Gasteiger partial charge in [-0.25, -0.2) is 0 Å². The average Bonchev–Trinajstić information content (AvgIpc) is 2.77. The first-order valence-corrected chi connectivity index (χ1v) is 6.03. The molecule has 0 aromatic carbocycles. The van der Waals surface area contributed by atoms with Crippen LogP contribution in [0, 0.1) is 0 Å². The van der Waals surface area contributed by atoms with E-state index in [0.29, 0.717) is 12.6 Å². The first-order chi connectivity index (χ1) is 7.19. The number of hydrogen-bond donors (Lipinski definition) is 1. The molecule has 2 unspecified atom stereocenters. The molecule has 1 aromatic heterocycles. The highest BCUT2D eigenvalue weighted by Gasteiger charge is 2.16. The molecular weight excluding hydrogens is 208 g/mol. The first kappa shape index (κ1) is 12.6. The van der Waals surface area contributed by atoms with Gasteiger partial charge in [-0.05, 0) is 25.4 Å². The van der Waals surface area contributed by atoms with Crippen LogP contribution in [-0.2, 0) is 4.74 Å². The molecule has 0 amide bonds. The molecule has 1 aromatic rings. The molecule has 0 aliphatic rings. The maximum Gasteiger partial charge on any atom is 0.0820 e. The van der Waals surface area contributed by atoms with Gasteiger partial charge >= 0.3 is 0 Å². The number of rotatable bonds is 6. The van der Waals surface area contributed by atoms with Gasteiger partial charge in [-0.2, -0.15) is 0 Å². The largest absolute Gasteiger partial charge is 0.379 e. The van der Waals surface area contributed by atoms with E-state index in [1.54, 1.807) is 18.4 Å². The van der Waals surface area contributed by atoms with Crippen LogP contribution in [0.25, 0.3) is 0 Å². The normalized spacial score (nSPS) is 15.5. The molecule has 2 N–H and O–H groups in total. The van der Waals surface area contributed by atoms with E-state index in [2.05, 4.69) is 36.4 Å². The predicted octanol–water partition coefficient (Wildman–Crippen LogP) is 1.71. The second-order valence-corrected chi connectivity index (χ2v) is 4.70. The lowest BCUT2D eigenvalue weighted by Gasteiger charge is -2.27. The van der Waals surface area contributed by atoms with E-state index in [0.717, 1.165) is 6.54 Å². The van der Waals surface area contributed by atoms with Crippen molar-refractivity contribution in [1.82, 2.24) is 4.90 Å². The van der Waals surface area contributed by atoms with Crippen molar-refractivity contribution < 1.29 is 4.74 Å². The van der Waals surface area contributed by atoms with Crippen LogP contribution in [0.2, 0.25) is 0 Å². The van der Waals surface area contributed by atoms with Gasteiger partial charge in [-0.1, -0.05) is 6.07 Å². The number of hydrogen-bond acceptors (Lipinski definition) is 4. The molecule has 0 radical (unpaired) electrons. The van der Waals surface area contributed by atoms with Crippen molar-refractivity contribution >= 4 is 11.3 Å². The zero-order chi connectivity index (χ0) is 11.3. The molecule has 86 valence electrons. The van der Waals surface area contributed by atoms with Crippen LogP contribution in [0.15, 0.2) is 17.5 Å². The third-order valence-electron chi connectivity index (χ3n) is 2.70. The van der Waals surface area contributed by atoms with Gasteiger partial charge in [0.1, 0.15) is 0 Å². The lowest BCUT2D eigenvalue weighted by molar-refractivity contribution is 0.0675. The molecule has 2 atom stereocenters. The third-order valence-corrected chi connectivity index (χ3v) is 3.75. The van der Waals surface area contributed by atoms with Crippen LogP contribution in [-0.4, -0.2) is 38.3 Å². The topological polar surface area (TPSA) is 38.5 Å². The number of likely N-dealkylation sites (N-methyl/N-ethyl adjacent to an activating group) is 1. The van der Waals surface area contributed by atoms with Crippen LogP contribution in [0.5, 0.6) is 0 Å². The van der Waals surface area contributed by atoms with Crippen molar-refractivity contribution in [2.75, 3.05) is 27.2 Å². The Kier molecular flexibility index (Phi) is 5.25. The summed E-state index contributed by atoms with van der Waals surface area (Å²) in [7, 11) is 3.81. The highest BCUT2D eigenvalue weighted by atomic mass is 32.1. The van der Waals surface area contributed by atoms with Gasteiger partial charge in [0.05, 0.1) is 6.10 Å². The van der Waals surface area contributed by atoms with Crippen LogP contribution >= 0.6 is 11.3 Å². The predicted molar refractivity (Wildman–Crippen MR) is 65.2 cm³/mol. The summed E-state index contributed by atoms with van der Waals surface area (Å²) in [5.74, 6) is 0. The first-order valence-electron chi connectivity index (χ1n) is 5.15. The van der Waals surface area contributed by atoms with E-state index in [1.807, 2.05) is 0 Å². The fraction of sp³-hybridized carbons (Fsp3) is 0.636. The molecular formula is C11H20N2OS. The molecule has 0 saturated carbocycles. The van der Waals surface area contributed by atoms with Gasteiger partial charge in [-0.3, -0.25) is 4.90 Å². The molecule has 0 spiro atoms. The van der Waals surface area contributed by atoms with Gasteiger partial charge in [0.25, 0.3) is 0 Å². The van der Waals surface area contributed by atoms with Gasteiger partial charge in [0.15, 0.2) is 0 Å². The number of nitrogens with two attached hydrogens (primary N) is 1. The van der Waals surface area contributed by atoms with Crippen molar-refractivity contribution in [3.63, 3.8) is 0 Å². The summed E-state index contributed by atoms with van der Waals surface area (Å²) in [6.07, 6.45) is 0.123. The second kappa shape index (κ2) is 6.23. The van der Waals surface area contributed by atoms with E-state index < -0.39 is 0 Å². The van der Waals surface area contributed by atoms with Crippen molar-refractivity contribution in [2.24, 2.45) is 5.73 Å². The minimum Gasteiger partial charge on any atom is -0.379 e. The Morgan fingerprint density at radius 3 is 2.80 bits per heavy atom. The highest BCUT2D eigenvalue weighted by Crippen LogP contribution is 2.23. The van der Waals surface area contributed by atoms with Gasteiger partial charge in [0, 0.05) is 31.1 Å². The SMILES string of the molecule is COC(CN)CN(C)C(C)c1cccs1. The number of nitrogens with zero attached hydrogens (tertiary/aromatic N) is 1. The molecule has 0 fully saturated rings. The maximum absolute atomic E-state index is 5.60. The highest BCUT2D eigenvalue weighted by molar-refractivity contribution is 7.10. The lowest BCUT2D eigenvalue weighted by Crippen LogP contribution is -2.36. The molecule has 0 saturated heterocycles. The Balaban J connectivity index is 2.49. The average molecular weight is 228 g/mol. The summed E-state index contributed by atoms with van der Waals surface area (Å²) in [6.45, 7) is 3.64. The second-order valence-electron chi connectivity index (χ2n) is 3.72. The smallest absolute Gasteiger partial charge is 0.0820 e. The Morgan fingerprint density at radius 2 is 2.33 bits per heavy atom. The summed E-state index contributed by atoms with van der Waals surface area (Å²) in [6, 6.07) is 4.67. The molecule has 3 nitrogen and oxygen atoms in total. The van der Waals surface area contributed by atoms with Crippen LogP contribution < -0.4 is 5.73 Å². The standard InChI is InChI=1S/C11H20N2OS/c1-9(11-5-4-6-15-11)13(2)8-10(7-12)14-3/h4-6,9-10H,7-8,12H2,1-3H3.